The SMILES string of the molecule is C#CCCC1(CCC(=O)N2CCCC(n3cccc3)C2)N=N1. The summed E-state index contributed by atoms with van der Waals surface area (Å²) in [7, 11) is 0. The van der Waals surface area contributed by atoms with Gasteiger partial charge in [-0.15, -0.1) is 12.3 Å². The molecule has 22 heavy (non-hydrogen) atoms. The first-order valence-electron chi connectivity index (χ1n) is 8.00. The highest BCUT2D eigenvalue weighted by molar-refractivity contribution is 5.76. The van der Waals surface area contributed by atoms with Gasteiger partial charge in [0, 0.05) is 51.2 Å². The lowest BCUT2D eigenvalue weighted by Gasteiger charge is -2.33. The molecule has 0 aromatic carbocycles. The van der Waals surface area contributed by atoms with E-state index in [0.717, 1.165) is 32.4 Å². The van der Waals surface area contributed by atoms with Crippen molar-refractivity contribution in [2.75, 3.05) is 13.1 Å². The van der Waals surface area contributed by atoms with E-state index in [-0.39, 0.29) is 11.6 Å². The number of carbonyl (C=O) groups excluding carboxylic acids is 1. The molecule has 1 aromatic heterocycles. The summed E-state index contributed by atoms with van der Waals surface area (Å²) in [5.74, 6) is 2.84. The molecule has 3 rings (SSSR count). The predicted molar refractivity (Wildman–Crippen MR) is 84.2 cm³/mol. The lowest BCUT2D eigenvalue weighted by molar-refractivity contribution is -0.133. The number of nitrogens with zero attached hydrogens (tertiary/aromatic N) is 4. The average molecular weight is 298 g/mol. The third-order valence-electron chi connectivity index (χ3n) is 4.59. The number of carbonyl (C=O) groups is 1. The van der Waals surface area contributed by atoms with Gasteiger partial charge in [-0.25, -0.2) is 0 Å². The van der Waals surface area contributed by atoms with Crippen LogP contribution >= 0.6 is 0 Å². The van der Waals surface area contributed by atoms with Crippen molar-refractivity contribution >= 4 is 5.91 Å². The molecule has 0 saturated carbocycles. The van der Waals surface area contributed by atoms with Crippen LogP contribution < -0.4 is 0 Å². The van der Waals surface area contributed by atoms with E-state index in [0.29, 0.717) is 25.3 Å². The van der Waals surface area contributed by atoms with E-state index in [1.165, 1.54) is 0 Å². The van der Waals surface area contributed by atoms with E-state index in [1.54, 1.807) is 0 Å². The summed E-state index contributed by atoms with van der Waals surface area (Å²) in [6.45, 7) is 1.67. The number of hydrogen-bond donors (Lipinski definition) is 0. The smallest absolute Gasteiger partial charge is 0.222 e. The molecule has 1 atom stereocenters. The maximum atomic E-state index is 12.5. The second-order valence-corrected chi connectivity index (χ2v) is 6.15. The molecule has 1 unspecified atom stereocenters. The number of piperidine rings is 1. The van der Waals surface area contributed by atoms with E-state index >= 15 is 0 Å². The Balaban J connectivity index is 1.49. The Bertz CT molecular complexity index is 578. The van der Waals surface area contributed by atoms with Crippen LogP contribution in [0.2, 0.25) is 0 Å². The van der Waals surface area contributed by atoms with Crippen molar-refractivity contribution in [3.8, 4) is 12.3 Å². The summed E-state index contributed by atoms with van der Waals surface area (Å²) < 4.78 is 2.21. The second kappa shape index (κ2) is 6.35. The van der Waals surface area contributed by atoms with Crippen LogP contribution in [-0.2, 0) is 4.79 Å². The van der Waals surface area contributed by atoms with Crippen molar-refractivity contribution in [2.24, 2.45) is 10.2 Å². The van der Waals surface area contributed by atoms with Gasteiger partial charge in [-0.05, 0) is 25.0 Å². The first-order valence-corrected chi connectivity index (χ1v) is 8.00. The van der Waals surface area contributed by atoms with Crippen LogP contribution in [-0.4, -0.2) is 34.1 Å². The first kappa shape index (κ1) is 14.8. The van der Waals surface area contributed by atoms with Crippen LogP contribution in [0.3, 0.4) is 0 Å². The molecule has 2 aliphatic heterocycles. The quantitative estimate of drug-likeness (QED) is 0.745. The van der Waals surface area contributed by atoms with Gasteiger partial charge >= 0.3 is 0 Å². The highest BCUT2D eigenvalue weighted by atomic mass is 16.2. The van der Waals surface area contributed by atoms with Gasteiger partial charge in [-0.2, -0.15) is 10.2 Å². The molecule has 0 bridgehead atoms. The summed E-state index contributed by atoms with van der Waals surface area (Å²) in [4.78, 5) is 14.4. The minimum atomic E-state index is -0.350. The number of amides is 1. The zero-order valence-electron chi connectivity index (χ0n) is 12.8. The number of hydrogen-bond acceptors (Lipinski definition) is 3. The van der Waals surface area contributed by atoms with Gasteiger partial charge in [0.1, 0.15) is 0 Å². The van der Waals surface area contributed by atoms with Crippen LogP contribution in [0.1, 0.15) is 44.6 Å². The van der Waals surface area contributed by atoms with Crippen LogP contribution in [0.15, 0.2) is 34.8 Å². The third kappa shape index (κ3) is 3.38. The standard InChI is InChI=1S/C17H22N4O/c1-2-3-9-17(18-19-17)10-8-16(22)21-13-6-7-15(14-21)20-11-4-5-12-20/h1,4-5,11-12,15H,3,6-10,13-14H2. The molecule has 1 amide bonds. The second-order valence-electron chi connectivity index (χ2n) is 6.15. The van der Waals surface area contributed by atoms with E-state index in [2.05, 4.69) is 33.1 Å². The molecule has 5 nitrogen and oxygen atoms in total. The minimum Gasteiger partial charge on any atom is -0.349 e. The molecule has 0 N–H and O–H groups in total. The van der Waals surface area contributed by atoms with E-state index in [1.807, 2.05) is 17.0 Å². The molecule has 1 saturated heterocycles. The Morgan fingerprint density at radius 3 is 2.77 bits per heavy atom. The van der Waals surface area contributed by atoms with Gasteiger partial charge in [0.15, 0.2) is 5.66 Å². The predicted octanol–water partition coefficient (Wildman–Crippen LogP) is 3.01. The Kier molecular flexibility index (Phi) is 4.28. The molecule has 0 radical (unpaired) electrons. The summed E-state index contributed by atoms with van der Waals surface area (Å²) in [5, 5.41) is 8.20. The maximum Gasteiger partial charge on any atom is 0.222 e. The molecule has 1 aromatic rings. The Morgan fingerprint density at radius 2 is 2.09 bits per heavy atom. The highest BCUT2D eigenvalue weighted by Crippen LogP contribution is 2.38. The van der Waals surface area contributed by atoms with Gasteiger partial charge in [0.2, 0.25) is 5.91 Å². The van der Waals surface area contributed by atoms with Gasteiger partial charge in [0.05, 0.1) is 6.04 Å². The van der Waals surface area contributed by atoms with Crippen molar-refractivity contribution in [1.82, 2.24) is 9.47 Å². The molecule has 0 spiro atoms. The molecule has 0 aliphatic carbocycles. The maximum absolute atomic E-state index is 12.5. The first-order chi connectivity index (χ1) is 10.7. The lowest BCUT2D eigenvalue weighted by atomic mass is 10.0. The molecule has 1 fully saturated rings. The zero-order valence-corrected chi connectivity index (χ0v) is 12.8. The van der Waals surface area contributed by atoms with Gasteiger partial charge in [-0.3, -0.25) is 4.79 Å². The Hall–Kier alpha value is -2.09. The highest BCUT2D eigenvalue weighted by Gasteiger charge is 2.39. The molecular weight excluding hydrogens is 276 g/mol. The number of likely N-dealkylation sites (tertiary alicyclic amines) is 1. The lowest BCUT2D eigenvalue weighted by Crippen LogP contribution is -2.40. The fraction of sp³-hybridized carbons (Fsp3) is 0.588. The average Bonchev–Trinajstić information content (AvgIpc) is 3.10. The van der Waals surface area contributed by atoms with Crippen LogP contribution in [0.5, 0.6) is 0 Å². The Labute approximate surface area is 131 Å². The molecule has 116 valence electrons. The van der Waals surface area contributed by atoms with Crippen molar-refractivity contribution in [1.29, 1.82) is 0 Å². The van der Waals surface area contributed by atoms with E-state index in [9.17, 15) is 4.79 Å². The largest absolute Gasteiger partial charge is 0.349 e. The van der Waals surface area contributed by atoms with Gasteiger partial charge in [-0.1, -0.05) is 0 Å². The fourth-order valence-corrected chi connectivity index (χ4v) is 3.15. The normalized spacial score (nSPS) is 22.3. The van der Waals surface area contributed by atoms with Crippen molar-refractivity contribution in [3.05, 3.63) is 24.5 Å². The third-order valence-corrected chi connectivity index (χ3v) is 4.59. The fourth-order valence-electron chi connectivity index (χ4n) is 3.15. The topological polar surface area (TPSA) is 50.0 Å². The molecule has 3 heterocycles. The van der Waals surface area contributed by atoms with E-state index < -0.39 is 0 Å². The molecule has 5 heteroatoms. The molecular formula is C17H22N4O. The van der Waals surface area contributed by atoms with Crippen molar-refractivity contribution < 1.29 is 4.79 Å². The van der Waals surface area contributed by atoms with Crippen LogP contribution in [0.25, 0.3) is 0 Å². The summed E-state index contributed by atoms with van der Waals surface area (Å²) in [6, 6.07) is 4.47. The van der Waals surface area contributed by atoms with Gasteiger partial charge in [0.25, 0.3) is 0 Å². The summed E-state index contributed by atoms with van der Waals surface area (Å²) >= 11 is 0. The summed E-state index contributed by atoms with van der Waals surface area (Å²) in [6.07, 6.45) is 14.3. The minimum absolute atomic E-state index is 0.217. The zero-order chi connectivity index (χ0) is 15.4. The van der Waals surface area contributed by atoms with Crippen LogP contribution in [0.4, 0.5) is 0 Å². The van der Waals surface area contributed by atoms with E-state index in [4.69, 9.17) is 6.42 Å². The Morgan fingerprint density at radius 1 is 1.32 bits per heavy atom. The monoisotopic (exact) mass is 298 g/mol. The molecule has 2 aliphatic rings. The summed E-state index contributed by atoms with van der Waals surface area (Å²) in [5.41, 5.74) is -0.350. The van der Waals surface area contributed by atoms with Crippen molar-refractivity contribution in [2.45, 2.75) is 50.2 Å². The number of rotatable bonds is 6. The number of aromatic nitrogens is 1. The van der Waals surface area contributed by atoms with Crippen molar-refractivity contribution in [3.63, 3.8) is 0 Å². The van der Waals surface area contributed by atoms with Gasteiger partial charge < -0.3 is 9.47 Å². The number of terminal acetylenes is 1. The van der Waals surface area contributed by atoms with Crippen LogP contribution in [0, 0.1) is 12.3 Å².